The maximum Gasteiger partial charge on any atom is 0.264 e. The lowest BCUT2D eigenvalue weighted by molar-refractivity contribution is -0.106. The number of carbonyl (C=O) groups excluding carboxylic acids is 1. The number of ether oxygens (including phenoxy) is 3. The predicted octanol–water partition coefficient (Wildman–Crippen LogP) is 6.02. The first-order chi connectivity index (χ1) is 26.0. The molecule has 1 spiro atoms. The highest BCUT2D eigenvalue weighted by molar-refractivity contribution is 7.90. The topological polar surface area (TPSA) is 118 Å². The van der Waals surface area contributed by atoms with Crippen molar-refractivity contribution in [3.63, 3.8) is 0 Å². The maximum absolute atomic E-state index is 13.7. The van der Waals surface area contributed by atoms with Gasteiger partial charge in [-0.3, -0.25) is 4.79 Å². The van der Waals surface area contributed by atoms with Crippen LogP contribution < -0.4 is 25.0 Å². The van der Waals surface area contributed by atoms with Crippen LogP contribution in [0.1, 0.15) is 86.7 Å². The molecular weight excluding hydrogens is 724 g/mol. The Balaban J connectivity index is 1.29. The molecule has 5 aliphatic rings. The molecule has 3 heterocycles. The molecule has 2 aliphatic carbocycles. The molecule has 54 heavy (non-hydrogen) atoms. The Bertz CT molecular complexity index is 1790. The SMILES string of the molecule is COCCO[C@@]1(CNC[C@H]2CCCCN2)/C=C\C[C@H](C)[C@@H](C)S(=O)(=O)NC(=O)c2ccc3c(c2)N(C[C@@H]2CC[C@H]21)C[C@@]1(CCCc2cc(Cl)ccc21)CO3. The molecule has 2 bridgehead atoms. The van der Waals surface area contributed by atoms with Crippen molar-refractivity contribution in [3.05, 3.63) is 70.3 Å². The van der Waals surface area contributed by atoms with Gasteiger partial charge in [-0.25, -0.2) is 13.1 Å². The fraction of sp³-hybridized carbons (Fsp3) is 0.643. The zero-order valence-electron chi connectivity index (χ0n) is 32.2. The first-order valence-corrected chi connectivity index (χ1v) is 22.1. The van der Waals surface area contributed by atoms with Crippen LogP contribution in [0.15, 0.2) is 48.6 Å². The predicted molar refractivity (Wildman–Crippen MR) is 214 cm³/mol. The lowest BCUT2D eigenvalue weighted by atomic mass is 9.63. The van der Waals surface area contributed by atoms with Crippen LogP contribution in [0.4, 0.5) is 5.69 Å². The van der Waals surface area contributed by atoms with Crippen LogP contribution >= 0.6 is 11.6 Å². The normalized spacial score (nSPS) is 33.0. The van der Waals surface area contributed by atoms with Gasteiger partial charge in [-0.1, -0.05) is 43.2 Å². The third kappa shape index (κ3) is 8.37. The molecule has 296 valence electrons. The fourth-order valence-corrected chi connectivity index (χ4v) is 11.1. The standard InChI is InChI=1S/C42H59ClN4O6S/c1-29-8-6-18-42(53-21-20-51-3,26-44-24-35-10-4-5-19-45-35)37-14-11-33(37)25-47-27-41(17-7-9-31-22-34(43)13-15-36(31)41)28-52-39-16-12-32(23-38(39)47)40(48)46-54(49,50)30(29)2/h6,12-13,15-16,18,22-23,29-30,33,35,37,44-45H,4-5,7-11,14,17,19-21,24-28H2,1-3H3,(H,46,48)/b18-6-/t29-,30+,33-,35+,37+,41-,42+/m0/s1. The number of hydrogen-bond acceptors (Lipinski definition) is 9. The molecule has 1 amide bonds. The highest BCUT2D eigenvalue weighted by Crippen LogP contribution is 2.49. The number of aryl methyl sites for hydroxylation is 1. The van der Waals surface area contributed by atoms with Gasteiger partial charge < -0.3 is 29.7 Å². The molecule has 2 fully saturated rings. The van der Waals surface area contributed by atoms with E-state index >= 15 is 0 Å². The van der Waals surface area contributed by atoms with Crippen LogP contribution in [-0.4, -0.2) is 90.9 Å². The number of halogens is 1. The van der Waals surface area contributed by atoms with Crippen molar-refractivity contribution >= 4 is 33.2 Å². The Kier molecular flexibility index (Phi) is 12.3. The summed E-state index contributed by atoms with van der Waals surface area (Å²) in [6.07, 6.45) is 13.5. The molecule has 1 saturated carbocycles. The average molecular weight is 783 g/mol. The van der Waals surface area contributed by atoms with E-state index in [4.69, 9.17) is 25.8 Å². The Morgan fingerprint density at radius 2 is 1.94 bits per heavy atom. The van der Waals surface area contributed by atoms with E-state index in [2.05, 4.69) is 44.5 Å². The van der Waals surface area contributed by atoms with E-state index < -0.39 is 26.8 Å². The number of piperidine rings is 1. The highest BCUT2D eigenvalue weighted by atomic mass is 35.5. The van der Waals surface area contributed by atoms with E-state index in [1.807, 2.05) is 25.1 Å². The number of rotatable bonds is 8. The molecule has 1 saturated heterocycles. The summed E-state index contributed by atoms with van der Waals surface area (Å²) >= 11 is 6.51. The summed E-state index contributed by atoms with van der Waals surface area (Å²) < 4.78 is 48.9. The minimum absolute atomic E-state index is 0.203. The van der Waals surface area contributed by atoms with Crippen LogP contribution in [0.2, 0.25) is 5.02 Å². The van der Waals surface area contributed by atoms with Crippen molar-refractivity contribution in [1.29, 1.82) is 0 Å². The van der Waals surface area contributed by atoms with E-state index in [9.17, 15) is 13.2 Å². The van der Waals surface area contributed by atoms with Crippen LogP contribution in [0.5, 0.6) is 5.75 Å². The number of benzene rings is 2. The number of allylic oxidation sites excluding steroid dienone is 1. The first kappa shape index (κ1) is 39.6. The lowest BCUT2D eigenvalue weighted by Gasteiger charge is -2.51. The smallest absolute Gasteiger partial charge is 0.264 e. The maximum atomic E-state index is 13.7. The van der Waals surface area contributed by atoms with Gasteiger partial charge in [-0.2, -0.15) is 0 Å². The second-order valence-electron chi connectivity index (χ2n) is 16.6. The summed E-state index contributed by atoms with van der Waals surface area (Å²) in [5, 5.41) is 7.44. The minimum atomic E-state index is -3.97. The van der Waals surface area contributed by atoms with Crippen molar-refractivity contribution in [1.82, 2.24) is 15.4 Å². The number of sulfonamides is 1. The van der Waals surface area contributed by atoms with Gasteiger partial charge in [0.15, 0.2) is 0 Å². The van der Waals surface area contributed by atoms with Crippen molar-refractivity contribution in [3.8, 4) is 5.75 Å². The molecule has 0 unspecified atom stereocenters. The number of methoxy groups -OCH3 is 1. The second kappa shape index (κ2) is 16.8. The molecule has 0 aromatic heterocycles. The van der Waals surface area contributed by atoms with Crippen molar-refractivity contribution in [2.45, 2.75) is 93.9 Å². The first-order valence-electron chi connectivity index (χ1n) is 20.1. The molecule has 7 atom stereocenters. The van der Waals surface area contributed by atoms with Gasteiger partial charge in [0, 0.05) is 55.3 Å². The van der Waals surface area contributed by atoms with Crippen LogP contribution in [0.3, 0.4) is 0 Å². The molecule has 10 nitrogen and oxygen atoms in total. The molecule has 3 N–H and O–H groups in total. The van der Waals surface area contributed by atoms with Crippen LogP contribution in [0, 0.1) is 17.8 Å². The quantitative estimate of drug-likeness (QED) is 0.219. The van der Waals surface area contributed by atoms with Gasteiger partial charge in [-0.05, 0) is 124 Å². The van der Waals surface area contributed by atoms with Crippen LogP contribution in [-0.2, 0) is 31.3 Å². The molecule has 12 heteroatoms. The number of anilines is 1. The lowest BCUT2D eigenvalue weighted by Crippen LogP contribution is -2.58. The van der Waals surface area contributed by atoms with E-state index in [1.165, 1.54) is 24.0 Å². The van der Waals surface area contributed by atoms with Gasteiger partial charge >= 0.3 is 0 Å². The minimum Gasteiger partial charge on any atom is -0.490 e. The number of amides is 1. The van der Waals surface area contributed by atoms with Crippen molar-refractivity contribution in [2.75, 3.05) is 64.6 Å². The Labute approximate surface area is 327 Å². The largest absolute Gasteiger partial charge is 0.490 e. The van der Waals surface area contributed by atoms with E-state index in [-0.39, 0.29) is 17.3 Å². The monoisotopic (exact) mass is 782 g/mol. The summed E-state index contributed by atoms with van der Waals surface area (Å²) in [5.74, 6) is 0.338. The van der Waals surface area contributed by atoms with Crippen LogP contribution in [0.25, 0.3) is 0 Å². The summed E-state index contributed by atoms with van der Waals surface area (Å²) in [4.78, 5) is 16.1. The number of nitrogens with zero attached hydrogens (tertiary/aromatic N) is 1. The number of fused-ring (bicyclic) bond motifs is 4. The highest BCUT2D eigenvalue weighted by Gasteiger charge is 2.49. The van der Waals surface area contributed by atoms with E-state index in [0.29, 0.717) is 62.6 Å². The van der Waals surface area contributed by atoms with Crippen molar-refractivity contribution in [2.24, 2.45) is 17.8 Å². The Morgan fingerprint density at radius 1 is 1.07 bits per heavy atom. The van der Waals surface area contributed by atoms with E-state index in [1.54, 1.807) is 20.1 Å². The van der Waals surface area contributed by atoms with Gasteiger partial charge in [0.05, 0.1) is 30.8 Å². The third-order valence-corrected chi connectivity index (χ3v) is 15.2. The molecular formula is C42H59ClN4O6S. The van der Waals surface area contributed by atoms with Gasteiger partial charge in [0.2, 0.25) is 10.0 Å². The van der Waals surface area contributed by atoms with Gasteiger partial charge in [-0.15, -0.1) is 0 Å². The molecule has 2 aromatic carbocycles. The van der Waals surface area contributed by atoms with Gasteiger partial charge in [0.1, 0.15) is 11.4 Å². The third-order valence-electron chi connectivity index (χ3n) is 13.1. The average Bonchev–Trinajstić information content (AvgIpc) is 3.29. The number of carbonyl (C=O) groups is 1. The molecule has 7 rings (SSSR count). The van der Waals surface area contributed by atoms with E-state index in [0.717, 1.165) is 68.9 Å². The number of nitrogens with one attached hydrogen (secondary N) is 3. The second-order valence-corrected chi connectivity index (χ2v) is 19.1. The zero-order chi connectivity index (χ0) is 37.9. The summed E-state index contributed by atoms with van der Waals surface area (Å²) in [5.41, 5.74) is 2.75. The molecule has 3 aliphatic heterocycles. The number of hydrogen-bond donors (Lipinski definition) is 3. The summed E-state index contributed by atoms with van der Waals surface area (Å²) in [7, 11) is -2.27. The van der Waals surface area contributed by atoms with Crippen molar-refractivity contribution < 1.29 is 27.4 Å². The summed E-state index contributed by atoms with van der Waals surface area (Å²) in [6.45, 7) is 9.05. The fourth-order valence-electron chi connectivity index (χ4n) is 9.60. The zero-order valence-corrected chi connectivity index (χ0v) is 33.8. The molecule has 0 radical (unpaired) electrons. The summed E-state index contributed by atoms with van der Waals surface area (Å²) in [6, 6.07) is 12.0. The Hall–Kier alpha value is -2.67. The van der Waals surface area contributed by atoms with Gasteiger partial charge in [0.25, 0.3) is 5.91 Å². The Morgan fingerprint density at radius 3 is 2.72 bits per heavy atom. The molecule has 2 aromatic rings.